The molecule has 0 spiro atoms. The zero-order valence-electron chi connectivity index (χ0n) is 15.9. The Hall–Kier alpha value is -2.08. The first kappa shape index (κ1) is 19.7. The smallest absolute Gasteiger partial charge is 0.306 e. The predicted molar refractivity (Wildman–Crippen MR) is 102 cm³/mol. The number of hydrogen-bond donors (Lipinski definition) is 2. The number of carbonyl (C=O) groups excluding carboxylic acids is 1. The van der Waals surface area contributed by atoms with Crippen LogP contribution in [0.25, 0.3) is 0 Å². The van der Waals surface area contributed by atoms with E-state index >= 15 is 0 Å². The van der Waals surface area contributed by atoms with Gasteiger partial charge in [-0.1, -0.05) is 6.07 Å². The standard InChI is InChI=1S/C21H29NO5/c1-14-2-7-18(12-19(14)27-13-15-8-10-26-11-9-15)22-20(23)16-3-5-17(6-4-16)21(24)25/h2,7,12,15-17H,3-6,8-11,13H2,1H3,(H,22,23)(H,24,25). The molecule has 6 nitrogen and oxygen atoms in total. The average Bonchev–Trinajstić information content (AvgIpc) is 2.69. The quantitative estimate of drug-likeness (QED) is 0.793. The van der Waals surface area contributed by atoms with Gasteiger partial charge < -0.3 is 19.9 Å². The number of benzene rings is 1. The number of anilines is 1. The van der Waals surface area contributed by atoms with Gasteiger partial charge in [-0.05, 0) is 63.0 Å². The number of aliphatic carboxylic acids is 1. The number of aryl methyl sites for hydroxylation is 1. The third-order valence-corrected chi connectivity index (χ3v) is 5.72. The highest BCUT2D eigenvalue weighted by Gasteiger charge is 2.29. The second-order valence-corrected chi connectivity index (χ2v) is 7.72. The Balaban J connectivity index is 1.54. The monoisotopic (exact) mass is 375 g/mol. The molecule has 1 aliphatic heterocycles. The van der Waals surface area contributed by atoms with E-state index in [4.69, 9.17) is 14.6 Å². The SMILES string of the molecule is Cc1ccc(NC(=O)C2CCC(C(=O)O)CC2)cc1OCC1CCOCC1. The number of carbonyl (C=O) groups is 2. The highest BCUT2D eigenvalue weighted by molar-refractivity contribution is 5.93. The maximum absolute atomic E-state index is 12.5. The van der Waals surface area contributed by atoms with Crippen molar-refractivity contribution in [3.63, 3.8) is 0 Å². The Bertz CT molecular complexity index is 661. The summed E-state index contributed by atoms with van der Waals surface area (Å²) in [6.07, 6.45) is 4.44. The van der Waals surface area contributed by atoms with Gasteiger partial charge in [0.25, 0.3) is 0 Å². The van der Waals surface area contributed by atoms with Crippen molar-refractivity contribution in [2.75, 3.05) is 25.1 Å². The van der Waals surface area contributed by atoms with Crippen molar-refractivity contribution in [3.8, 4) is 5.75 Å². The second-order valence-electron chi connectivity index (χ2n) is 7.72. The molecule has 3 rings (SSSR count). The van der Waals surface area contributed by atoms with Crippen LogP contribution in [0.15, 0.2) is 18.2 Å². The van der Waals surface area contributed by atoms with Crippen LogP contribution in [0, 0.1) is 24.7 Å². The maximum Gasteiger partial charge on any atom is 0.306 e. The van der Waals surface area contributed by atoms with Crippen molar-refractivity contribution < 1.29 is 24.2 Å². The summed E-state index contributed by atoms with van der Waals surface area (Å²) in [5.74, 6) is 0.110. The lowest BCUT2D eigenvalue weighted by Gasteiger charge is -2.25. The summed E-state index contributed by atoms with van der Waals surface area (Å²) >= 11 is 0. The van der Waals surface area contributed by atoms with E-state index in [2.05, 4.69) is 5.32 Å². The number of amides is 1. The molecular formula is C21H29NO5. The van der Waals surface area contributed by atoms with Crippen molar-refractivity contribution in [3.05, 3.63) is 23.8 Å². The third-order valence-electron chi connectivity index (χ3n) is 5.72. The highest BCUT2D eigenvalue weighted by atomic mass is 16.5. The molecule has 1 saturated carbocycles. The number of ether oxygens (including phenoxy) is 2. The van der Waals surface area contributed by atoms with E-state index in [0.717, 1.165) is 43.1 Å². The Morgan fingerprint density at radius 1 is 1.11 bits per heavy atom. The Labute approximate surface area is 160 Å². The number of rotatable bonds is 6. The van der Waals surface area contributed by atoms with E-state index in [-0.39, 0.29) is 17.7 Å². The molecule has 2 fully saturated rings. The fourth-order valence-corrected chi connectivity index (χ4v) is 3.80. The number of carboxylic acid groups (broad SMARTS) is 1. The lowest BCUT2D eigenvalue weighted by molar-refractivity contribution is -0.143. The molecule has 0 atom stereocenters. The summed E-state index contributed by atoms with van der Waals surface area (Å²) in [7, 11) is 0. The predicted octanol–water partition coefficient (Wildman–Crippen LogP) is 3.63. The van der Waals surface area contributed by atoms with Gasteiger partial charge in [-0.25, -0.2) is 0 Å². The first-order valence-electron chi connectivity index (χ1n) is 9.88. The summed E-state index contributed by atoms with van der Waals surface area (Å²) in [6, 6.07) is 5.73. The minimum Gasteiger partial charge on any atom is -0.493 e. The van der Waals surface area contributed by atoms with Gasteiger partial charge in [0, 0.05) is 30.9 Å². The number of hydrogen-bond acceptors (Lipinski definition) is 4. The summed E-state index contributed by atoms with van der Waals surface area (Å²) < 4.78 is 11.4. The molecule has 2 aliphatic rings. The Kier molecular flexibility index (Phi) is 6.72. The summed E-state index contributed by atoms with van der Waals surface area (Å²) in [4.78, 5) is 23.6. The topological polar surface area (TPSA) is 84.9 Å². The molecule has 0 unspecified atom stereocenters. The van der Waals surface area contributed by atoms with Crippen LogP contribution in [0.1, 0.15) is 44.1 Å². The van der Waals surface area contributed by atoms with Crippen molar-refractivity contribution in [2.24, 2.45) is 17.8 Å². The van der Waals surface area contributed by atoms with E-state index in [1.54, 1.807) is 0 Å². The summed E-state index contributed by atoms with van der Waals surface area (Å²) in [5, 5.41) is 12.1. The van der Waals surface area contributed by atoms with Gasteiger partial charge in [0.1, 0.15) is 5.75 Å². The first-order valence-corrected chi connectivity index (χ1v) is 9.88. The van der Waals surface area contributed by atoms with Crippen LogP contribution in [0.3, 0.4) is 0 Å². The number of nitrogens with one attached hydrogen (secondary N) is 1. The van der Waals surface area contributed by atoms with Crippen LogP contribution in [-0.4, -0.2) is 36.8 Å². The lowest BCUT2D eigenvalue weighted by Crippen LogP contribution is -2.29. The van der Waals surface area contributed by atoms with Crippen molar-refractivity contribution in [1.29, 1.82) is 0 Å². The Morgan fingerprint density at radius 2 is 1.78 bits per heavy atom. The fourth-order valence-electron chi connectivity index (χ4n) is 3.80. The molecule has 0 radical (unpaired) electrons. The van der Waals surface area contributed by atoms with Crippen LogP contribution in [-0.2, 0) is 14.3 Å². The molecule has 1 aromatic rings. The molecule has 2 N–H and O–H groups in total. The molecule has 27 heavy (non-hydrogen) atoms. The van der Waals surface area contributed by atoms with E-state index in [0.29, 0.717) is 38.2 Å². The van der Waals surface area contributed by atoms with Gasteiger partial charge in [0.15, 0.2) is 0 Å². The average molecular weight is 375 g/mol. The molecule has 1 heterocycles. The van der Waals surface area contributed by atoms with Gasteiger partial charge in [0.2, 0.25) is 5.91 Å². The van der Waals surface area contributed by atoms with Crippen molar-refractivity contribution in [1.82, 2.24) is 0 Å². The molecular weight excluding hydrogens is 346 g/mol. The van der Waals surface area contributed by atoms with Crippen LogP contribution in [0.4, 0.5) is 5.69 Å². The van der Waals surface area contributed by atoms with E-state index in [1.165, 1.54) is 0 Å². The number of carboxylic acids is 1. The van der Waals surface area contributed by atoms with Crippen LogP contribution in [0.2, 0.25) is 0 Å². The second kappa shape index (κ2) is 9.22. The zero-order chi connectivity index (χ0) is 19.2. The molecule has 1 saturated heterocycles. The van der Waals surface area contributed by atoms with Crippen LogP contribution >= 0.6 is 0 Å². The Morgan fingerprint density at radius 3 is 2.44 bits per heavy atom. The van der Waals surface area contributed by atoms with Crippen molar-refractivity contribution in [2.45, 2.75) is 45.4 Å². The molecule has 6 heteroatoms. The first-order chi connectivity index (χ1) is 13.0. The minimum absolute atomic E-state index is 0.0296. The molecule has 0 aromatic heterocycles. The normalized spacial score (nSPS) is 23.6. The van der Waals surface area contributed by atoms with Gasteiger partial charge in [-0.2, -0.15) is 0 Å². The molecule has 0 bridgehead atoms. The third kappa shape index (κ3) is 5.45. The van der Waals surface area contributed by atoms with E-state index < -0.39 is 5.97 Å². The van der Waals surface area contributed by atoms with Crippen molar-refractivity contribution >= 4 is 17.6 Å². The van der Waals surface area contributed by atoms with E-state index in [1.807, 2.05) is 25.1 Å². The summed E-state index contributed by atoms with van der Waals surface area (Å²) in [5.41, 5.74) is 1.77. The molecule has 1 aliphatic carbocycles. The minimum atomic E-state index is -0.751. The maximum atomic E-state index is 12.5. The van der Waals surface area contributed by atoms with Gasteiger partial charge in [-0.3, -0.25) is 9.59 Å². The largest absolute Gasteiger partial charge is 0.493 e. The van der Waals surface area contributed by atoms with Crippen LogP contribution < -0.4 is 10.1 Å². The molecule has 1 aromatic carbocycles. The summed E-state index contributed by atoms with van der Waals surface area (Å²) in [6.45, 7) is 4.26. The van der Waals surface area contributed by atoms with E-state index in [9.17, 15) is 9.59 Å². The van der Waals surface area contributed by atoms with Gasteiger partial charge in [-0.15, -0.1) is 0 Å². The molecule has 148 valence electrons. The molecule has 1 amide bonds. The van der Waals surface area contributed by atoms with Crippen LogP contribution in [0.5, 0.6) is 5.75 Å². The lowest BCUT2D eigenvalue weighted by atomic mass is 9.81. The zero-order valence-corrected chi connectivity index (χ0v) is 15.9. The fraction of sp³-hybridized carbons (Fsp3) is 0.619. The van der Waals surface area contributed by atoms with Gasteiger partial charge in [0.05, 0.1) is 12.5 Å². The highest BCUT2D eigenvalue weighted by Crippen LogP contribution is 2.31. The van der Waals surface area contributed by atoms with Gasteiger partial charge >= 0.3 is 5.97 Å².